The number of para-hydroxylation sites is 1. The number of hydrogen-bond donors (Lipinski definition) is 1. The standard InChI is InChI=1S/C23H21ClN4OS/c24-17-8-6-16(7-9-17)20-14-19-22(30-20)23(29)26-21(25-19)15-27-10-12-28(13-11-27)18-4-2-1-3-5-18/h1-9,14H,10-13,15H2,(H,25,26,29). The zero-order chi connectivity index (χ0) is 20.5. The first-order chi connectivity index (χ1) is 14.7. The van der Waals surface area contributed by atoms with Crippen molar-refractivity contribution in [2.24, 2.45) is 0 Å². The summed E-state index contributed by atoms with van der Waals surface area (Å²) in [5.41, 5.74) is 2.99. The monoisotopic (exact) mass is 436 g/mol. The molecule has 5 nitrogen and oxygen atoms in total. The quantitative estimate of drug-likeness (QED) is 0.507. The lowest BCUT2D eigenvalue weighted by atomic mass is 10.2. The molecule has 1 N–H and O–H groups in total. The molecule has 3 heterocycles. The number of aromatic nitrogens is 2. The van der Waals surface area contributed by atoms with Gasteiger partial charge in [-0.1, -0.05) is 41.9 Å². The van der Waals surface area contributed by atoms with Gasteiger partial charge in [0.2, 0.25) is 0 Å². The Hall–Kier alpha value is -2.67. The van der Waals surface area contributed by atoms with Crippen LogP contribution in [0.25, 0.3) is 20.7 Å². The number of hydrogen-bond acceptors (Lipinski definition) is 5. The highest BCUT2D eigenvalue weighted by atomic mass is 35.5. The maximum atomic E-state index is 12.6. The van der Waals surface area contributed by atoms with E-state index in [1.54, 1.807) is 0 Å². The molecule has 0 amide bonds. The second kappa shape index (κ2) is 8.22. The van der Waals surface area contributed by atoms with E-state index in [1.807, 2.05) is 36.4 Å². The minimum absolute atomic E-state index is 0.0665. The normalized spacial score (nSPS) is 15.0. The smallest absolute Gasteiger partial charge is 0.268 e. The Morgan fingerprint density at radius 1 is 1.00 bits per heavy atom. The number of halogens is 1. The van der Waals surface area contributed by atoms with Crippen molar-refractivity contribution in [3.63, 3.8) is 0 Å². The molecule has 2 aromatic carbocycles. The number of H-pyrrole nitrogens is 1. The Balaban J connectivity index is 1.32. The molecule has 1 saturated heterocycles. The van der Waals surface area contributed by atoms with Crippen LogP contribution in [0.15, 0.2) is 65.5 Å². The Morgan fingerprint density at radius 3 is 2.47 bits per heavy atom. The summed E-state index contributed by atoms with van der Waals surface area (Å²) in [5.74, 6) is 0.723. The number of rotatable bonds is 4. The van der Waals surface area contributed by atoms with Crippen molar-refractivity contribution < 1.29 is 0 Å². The molecule has 1 aliphatic rings. The van der Waals surface area contributed by atoms with Crippen molar-refractivity contribution in [1.82, 2.24) is 14.9 Å². The zero-order valence-corrected chi connectivity index (χ0v) is 17.9. The molecule has 0 saturated carbocycles. The molecule has 0 aliphatic carbocycles. The second-order valence-electron chi connectivity index (χ2n) is 7.44. The molecule has 7 heteroatoms. The zero-order valence-electron chi connectivity index (χ0n) is 16.3. The van der Waals surface area contributed by atoms with E-state index in [-0.39, 0.29) is 5.56 Å². The third kappa shape index (κ3) is 3.99. The molecular formula is C23H21ClN4OS. The third-order valence-corrected chi connectivity index (χ3v) is 6.85. The first kappa shape index (κ1) is 19.3. The predicted molar refractivity (Wildman–Crippen MR) is 125 cm³/mol. The number of anilines is 1. The molecule has 152 valence electrons. The van der Waals surface area contributed by atoms with Crippen LogP contribution in [0.1, 0.15) is 5.82 Å². The molecule has 2 aromatic heterocycles. The van der Waals surface area contributed by atoms with Gasteiger partial charge in [-0.3, -0.25) is 9.69 Å². The van der Waals surface area contributed by atoms with Gasteiger partial charge in [0.05, 0.1) is 12.1 Å². The summed E-state index contributed by atoms with van der Waals surface area (Å²) in [6, 6.07) is 20.1. The maximum Gasteiger partial charge on any atom is 0.268 e. The summed E-state index contributed by atoms with van der Waals surface area (Å²) >= 11 is 7.45. The number of aromatic amines is 1. The van der Waals surface area contributed by atoms with E-state index in [9.17, 15) is 4.79 Å². The second-order valence-corrected chi connectivity index (χ2v) is 8.93. The predicted octanol–water partition coefficient (Wildman–Crippen LogP) is 4.63. The van der Waals surface area contributed by atoms with E-state index in [1.165, 1.54) is 17.0 Å². The molecule has 0 spiro atoms. The average Bonchev–Trinajstić information content (AvgIpc) is 3.20. The van der Waals surface area contributed by atoms with Gasteiger partial charge in [-0.2, -0.15) is 0 Å². The first-order valence-electron chi connectivity index (χ1n) is 9.97. The maximum absolute atomic E-state index is 12.6. The first-order valence-corrected chi connectivity index (χ1v) is 11.2. The fourth-order valence-electron chi connectivity index (χ4n) is 3.83. The van der Waals surface area contributed by atoms with Gasteiger partial charge in [-0.15, -0.1) is 11.3 Å². The van der Waals surface area contributed by atoms with Gasteiger partial charge in [0.1, 0.15) is 10.5 Å². The lowest BCUT2D eigenvalue weighted by Crippen LogP contribution is -2.46. The van der Waals surface area contributed by atoms with Gasteiger partial charge in [0.15, 0.2) is 0 Å². The van der Waals surface area contributed by atoms with E-state index < -0.39 is 0 Å². The van der Waals surface area contributed by atoms with E-state index in [0.29, 0.717) is 16.3 Å². The average molecular weight is 437 g/mol. The molecule has 0 bridgehead atoms. The Bertz CT molecular complexity index is 1210. The number of benzene rings is 2. The molecule has 0 unspecified atom stereocenters. The molecule has 1 aliphatic heterocycles. The van der Waals surface area contributed by atoms with Gasteiger partial charge in [0, 0.05) is 41.8 Å². The number of thiophene rings is 1. The Morgan fingerprint density at radius 2 is 1.73 bits per heavy atom. The van der Waals surface area contributed by atoms with Crippen molar-refractivity contribution in [2.45, 2.75) is 6.54 Å². The van der Waals surface area contributed by atoms with Crippen LogP contribution in [0.2, 0.25) is 5.02 Å². The minimum Gasteiger partial charge on any atom is -0.369 e. The Labute approximate surface area is 183 Å². The van der Waals surface area contributed by atoms with Gasteiger partial charge in [0.25, 0.3) is 5.56 Å². The fourth-order valence-corrected chi connectivity index (χ4v) is 4.96. The number of nitrogens with zero attached hydrogens (tertiary/aromatic N) is 3. The highest BCUT2D eigenvalue weighted by Gasteiger charge is 2.19. The molecule has 1 fully saturated rings. The van der Waals surface area contributed by atoms with E-state index in [4.69, 9.17) is 16.6 Å². The van der Waals surface area contributed by atoms with Crippen LogP contribution in [-0.4, -0.2) is 41.0 Å². The van der Waals surface area contributed by atoms with Crippen molar-refractivity contribution >= 4 is 38.8 Å². The Kier molecular flexibility index (Phi) is 5.29. The summed E-state index contributed by atoms with van der Waals surface area (Å²) in [6.45, 7) is 4.47. The van der Waals surface area contributed by atoms with Crippen molar-refractivity contribution in [3.05, 3.63) is 81.9 Å². The third-order valence-electron chi connectivity index (χ3n) is 5.43. The summed E-state index contributed by atoms with van der Waals surface area (Å²) in [4.78, 5) is 26.1. The van der Waals surface area contributed by atoms with Crippen LogP contribution >= 0.6 is 22.9 Å². The summed E-state index contributed by atoms with van der Waals surface area (Å²) < 4.78 is 0.664. The lowest BCUT2D eigenvalue weighted by Gasteiger charge is -2.35. The summed E-state index contributed by atoms with van der Waals surface area (Å²) in [6.07, 6.45) is 0. The molecule has 5 rings (SSSR count). The van der Waals surface area contributed by atoms with Crippen LogP contribution in [0.3, 0.4) is 0 Å². The molecule has 4 aromatic rings. The lowest BCUT2D eigenvalue weighted by molar-refractivity contribution is 0.244. The highest BCUT2D eigenvalue weighted by Crippen LogP contribution is 2.31. The van der Waals surface area contributed by atoms with E-state index in [0.717, 1.165) is 48.0 Å². The number of nitrogens with one attached hydrogen (secondary N) is 1. The van der Waals surface area contributed by atoms with Crippen molar-refractivity contribution in [1.29, 1.82) is 0 Å². The SMILES string of the molecule is O=c1[nH]c(CN2CCN(c3ccccc3)CC2)nc2cc(-c3ccc(Cl)cc3)sc12. The topological polar surface area (TPSA) is 52.2 Å². The molecule has 0 atom stereocenters. The summed E-state index contributed by atoms with van der Waals surface area (Å²) in [7, 11) is 0. The number of fused-ring (bicyclic) bond motifs is 1. The molecule has 30 heavy (non-hydrogen) atoms. The number of piperazine rings is 1. The van der Waals surface area contributed by atoms with Gasteiger partial charge in [-0.25, -0.2) is 4.98 Å². The molecule has 0 radical (unpaired) electrons. The van der Waals surface area contributed by atoms with Gasteiger partial charge in [-0.05, 0) is 35.9 Å². The van der Waals surface area contributed by atoms with Crippen LogP contribution in [0.4, 0.5) is 5.69 Å². The largest absolute Gasteiger partial charge is 0.369 e. The van der Waals surface area contributed by atoms with Crippen LogP contribution in [-0.2, 0) is 6.54 Å². The van der Waals surface area contributed by atoms with Crippen LogP contribution in [0, 0.1) is 0 Å². The van der Waals surface area contributed by atoms with Gasteiger partial charge >= 0.3 is 0 Å². The van der Waals surface area contributed by atoms with Crippen molar-refractivity contribution in [3.8, 4) is 10.4 Å². The van der Waals surface area contributed by atoms with E-state index >= 15 is 0 Å². The highest BCUT2D eigenvalue weighted by molar-refractivity contribution is 7.22. The summed E-state index contributed by atoms with van der Waals surface area (Å²) in [5, 5.41) is 0.700. The minimum atomic E-state index is -0.0665. The molecular weight excluding hydrogens is 416 g/mol. The van der Waals surface area contributed by atoms with E-state index in [2.05, 4.69) is 39.0 Å². The van der Waals surface area contributed by atoms with Crippen LogP contribution in [0.5, 0.6) is 0 Å². The van der Waals surface area contributed by atoms with Crippen LogP contribution < -0.4 is 10.5 Å². The van der Waals surface area contributed by atoms with Crippen molar-refractivity contribution in [2.75, 3.05) is 31.1 Å². The fraction of sp³-hybridized carbons (Fsp3) is 0.217. The van der Waals surface area contributed by atoms with Gasteiger partial charge < -0.3 is 9.88 Å².